The fraction of sp³-hybridized carbons (Fsp3) is 0.333. The van der Waals surface area contributed by atoms with Crippen molar-refractivity contribution in [3.8, 4) is 0 Å². The van der Waals surface area contributed by atoms with E-state index in [1.165, 1.54) is 0 Å². The quantitative estimate of drug-likeness (QED) is 0.486. The Kier molecular flexibility index (Phi) is 4.53. The Morgan fingerprint density at radius 1 is 1.23 bits per heavy atom. The lowest BCUT2D eigenvalue weighted by Gasteiger charge is -2.06. The summed E-state index contributed by atoms with van der Waals surface area (Å²) in [5, 5.41) is 17.9. The molecule has 0 amide bonds. The standard InChI is InChI=1S/C9H13BO3/c11-7-4-8-13-10(12)9-5-2-1-3-6-9/h1-3,5-6,11-12H,4,7-8H2. The van der Waals surface area contributed by atoms with Crippen LogP contribution in [0.4, 0.5) is 0 Å². The summed E-state index contributed by atoms with van der Waals surface area (Å²) in [7, 11) is -0.882. The zero-order valence-electron chi connectivity index (χ0n) is 7.39. The number of hydrogen-bond donors (Lipinski definition) is 2. The zero-order chi connectivity index (χ0) is 9.52. The monoisotopic (exact) mass is 180 g/mol. The Hall–Kier alpha value is -0.835. The van der Waals surface area contributed by atoms with Crippen molar-refractivity contribution in [2.24, 2.45) is 0 Å². The van der Waals surface area contributed by atoms with E-state index in [0.29, 0.717) is 13.0 Å². The summed E-state index contributed by atoms with van der Waals surface area (Å²) in [5.41, 5.74) is 0.737. The van der Waals surface area contributed by atoms with Crippen molar-refractivity contribution in [1.82, 2.24) is 0 Å². The molecule has 0 aliphatic carbocycles. The molecule has 3 nitrogen and oxygen atoms in total. The maximum atomic E-state index is 9.44. The summed E-state index contributed by atoms with van der Waals surface area (Å²) in [4.78, 5) is 0. The van der Waals surface area contributed by atoms with Crippen molar-refractivity contribution in [3.05, 3.63) is 30.3 Å². The average Bonchev–Trinajstić information content (AvgIpc) is 2.19. The highest BCUT2D eigenvalue weighted by molar-refractivity contribution is 6.59. The predicted molar refractivity (Wildman–Crippen MR) is 51.7 cm³/mol. The van der Waals surface area contributed by atoms with Crippen molar-refractivity contribution in [2.75, 3.05) is 13.2 Å². The molecule has 0 bridgehead atoms. The second kappa shape index (κ2) is 5.75. The Bertz CT molecular complexity index is 228. The Balaban J connectivity index is 2.35. The van der Waals surface area contributed by atoms with Gasteiger partial charge < -0.3 is 14.8 Å². The maximum Gasteiger partial charge on any atom is 0.491 e. The van der Waals surface area contributed by atoms with Gasteiger partial charge in [-0.2, -0.15) is 0 Å². The number of aliphatic hydroxyl groups excluding tert-OH is 1. The van der Waals surface area contributed by atoms with E-state index in [9.17, 15) is 5.02 Å². The Labute approximate surface area is 78.1 Å². The van der Waals surface area contributed by atoms with Gasteiger partial charge in [0.1, 0.15) is 0 Å². The van der Waals surface area contributed by atoms with Crippen LogP contribution in [-0.4, -0.2) is 30.5 Å². The molecule has 0 fully saturated rings. The normalized spacial score (nSPS) is 10.0. The van der Waals surface area contributed by atoms with Gasteiger partial charge in [0.25, 0.3) is 0 Å². The molecular formula is C9H13BO3. The van der Waals surface area contributed by atoms with E-state index in [1.807, 2.05) is 18.2 Å². The SMILES string of the molecule is OCCCOB(O)c1ccccc1. The summed E-state index contributed by atoms with van der Waals surface area (Å²) in [6.07, 6.45) is 0.546. The number of benzene rings is 1. The largest absolute Gasteiger partial charge is 0.491 e. The molecule has 1 aromatic rings. The molecule has 70 valence electrons. The van der Waals surface area contributed by atoms with Crippen LogP contribution < -0.4 is 5.46 Å². The van der Waals surface area contributed by atoms with Gasteiger partial charge in [-0.15, -0.1) is 0 Å². The van der Waals surface area contributed by atoms with Crippen molar-refractivity contribution in [1.29, 1.82) is 0 Å². The van der Waals surface area contributed by atoms with Gasteiger partial charge in [-0.25, -0.2) is 0 Å². The lowest BCUT2D eigenvalue weighted by molar-refractivity contribution is 0.216. The summed E-state index contributed by atoms with van der Waals surface area (Å²) >= 11 is 0. The molecule has 0 atom stereocenters. The Morgan fingerprint density at radius 3 is 2.54 bits per heavy atom. The molecule has 0 unspecified atom stereocenters. The molecule has 0 aliphatic rings. The van der Waals surface area contributed by atoms with E-state index in [0.717, 1.165) is 5.46 Å². The third-order valence-electron chi connectivity index (χ3n) is 1.66. The van der Waals surface area contributed by atoms with Gasteiger partial charge in [0.05, 0.1) is 0 Å². The van der Waals surface area contributed by atoms with Crippen LogP contribution in [0.1, 0.15) is 6.42 Å². The zero-order valence-corrected chi connectivity index (χ0v) is 7.39. The molecule has 1 rings (SSSR count). The van der Waals surface area contributed by atoms with E-state index in [2.05, 4.69) is 0 Å². The fourth-order valence-electron chi connectivity index (χ4n) is 0.973. The highest BCUT2D eigenvalue weighted by atomic mass is 16.5. The number of aliphatic hydroxyl groups is 1. The summed E-state index contributed by atoms with van der Waals surface area (Å²) < 4.78 is 5.06. The predicted octanol–water partition coefficient (Wildman–Crippen LogP) is -0.227. The van der Waals surface area contributed by atoms with Crippen molar-refractivity contribution >= 4 is 12.6 Å². The van der Waals surface area contributed by atoms with E-state index < -0.39 is 7.12 Å². The summed E-state index contributed by atoms with van der Waals surface area (Å²) in [5.74, 6) is 0. The van der Waals surface area contributed by atoms with Crippen LogP contribution in [0, 0.1) is 0 Å². The van der Waals surface area contributed by atoms with Crippen molar-refractivity contribution in [2.45, 2.75) is 6.42 Å². The highest BCUT2D eigenvalue weighted by Crippen LogP contribution is 1.89. The second-order valence-corrected chi connectivity index (χ2v) is 2.71. The maximum absolute atomic E-state index is 9.44. The average molecular weight is 180 g/mol. The van der Waals surface area contributed by atoms with Crippen molar-refractivity contribution in [3.63, 3.8) is 0 Å². The second-order valence-electron chi connectivity index (χ2n) is 2.71. The highest BCUT2D eigenvalue weighted by Gasteiger charge is 2.14. The molecule has 0 saturated carbocycles. The van der Waals surface area contributed by atoms with Crippen LogP contribution in [0.25, 0.3) is 0 Å². The van der Waals surface area contributed by atoms with E-state index >= 15 is 0 Å². The van der Waals surface area contributed by atoms with Crippen LogP contribution in [-0.2, 0) is 4.65 Å². The molecule has 0 saturated heterocycles. The van der Waals surface area contributed by atoms with Crippen LogP contribution in [0.2, 0.25) is 0 Å². The van der Waals surface area contributed by atoms with E-state index in [1.54, 1.807) is 12.1 Å². The molecule has 0 heterocycles. The van der Waals surface area contributed by atoms with E-state index in [-0.39, 0.29) is 6.61 Å². The first kappa shape index (κ1) is 10.2. The number of hydrogen-bond acceptors (Lipinski definition) is 3. The minimum absolute atomic E-state index is 0.0848. The molecule has 4 heteroatoms. The van der Waals surface area contributed by atoms with Gasteiger partial charge in [0.2, 0.25) is 0 Å². The van der Waals surface area contributed by atoms with Gasteiger partial charge in [-0.1, -0.05) is 30.3 Å². The lowest BCUT2D eigenvalue weighted by atomic mass is 9.80. The van der Waals surface area contributed by atoms with Gasteiger partial charge >= 0.3 is 7.12 Å². The molecule has 13 heavy (non-hydrogen) atoms. The molecular weight excluding hydrogens is 167 g/mol. The van der Waals surface area contributed by atoms with Gasteiger partial charge in [-0.05, 0) is 11.9 Å². The number of rotatable bonds is 5. The van der Waals surface area contributed by atoms with Crippen LogP contribution in [0.15, 0.2) is 30.3 Å². The summed E-state index contributed by atoms with van der Waals surface area (Å²) in [6, 6.07) is 9.15. The first-order valence-corrected chi connectivity index (χ1v) is 4.30. The van der Waals surface area contributed by atoms with Gasteiger partial charge in [0, 0.05) is 13.2 Å². The third-order valence-corrected chi connectivity index (χ3v) is 1.66. The minimum Gasteiger partial charge on any atom is -0.423 e. The summed E-state index contributed by atoms with van der Waals surface area (Å²) in [6.45, 7) is 0.452. The Morgan fingerprint density at radius 2 is 1.92 bits per heavy atom. The first-order chi connectivity index (χ1) is 6.34. The third kappa shape index (κ3) is 3.59. The van der Waals surface area contributed by atoms with Crippen LogP contribution in [0.3, 0.4) is 0 Å². The topological polar surface area (TPSA) is 49.7 Å². The molecule has 0 spiro atoms. The smallest absolute Gasteiger partial charge is 0.423 e. The molecule has 0 radical (unpaired) electrons. The fourth-order valence-corrected chi connectivity index (χ4v) is 0.973. The van der Waals surface area contributed by atoms with Crippen LogP contribution >= 0.6 is 0 Å². The molecule has 0 aliphatic heterocycles. The van der Waals surface area contributed by atoms with Gasteiger partial charge in [-0.3, -0.25) is 0 Å². The minimum atomic E-state index is -0.882. The van der Waals surface area contributed by atoms with Crippen molar-refractivity contribution < 1.29 is 14.8 Å². The lowest BCUT2D eigenvalue weighted by Crippen LogP contribution is -2.33. The molecule has 0 aromatic heterocycles. The molecule has 1 aromatic carbocycles. The van der Waals surface area contributed by atoms with Crippen LogP contribution in [0.5, 0.6) is 0 Å². The van der Waals surface area contributed by atoms with E-state index in [4.69, 9.17) is 9.76 Å². The first-order valence-electron chi connectivity index (χ1n) is 4.30. The van der Waals surface area contributed by atoms with Gasteiger partial charge in [0.15, 0.2) is 0 Å². The molecule has 2 N–H and O–H groups in total.